The molecule has 3 aromatic heterocycles. The normalized spacial score (nSPS) is 10.9. The average Bonchev–Trinajstić information content (AvgIpc) is 3.19. The Labute approximate surface area is 280 Å². The Bertz CT molecular complexity index is 2230. The van der Waals surface area contributed by atoms with Gasteiger partial charge in [-0.1, -0.05) is 127 Å². The zero-order valence-corrected chi connectivity index (χ0v) is 26.1. The van der Waals surface area contributed by atoms with Crippen LogP contribution in [0.2, 0.25) is 0 Å². The van der Waals surface area contributed by atoms with Crippen molar-refractivity contribution in [2.45, 2.75) is 0 Å². The molecule has 226 valence electrons. The smallest absolute Gasteiger partial charge is 0.160 e. The number of nitrogens with zero attached hydrogens (tertiary/aromatic N) is 4. The highest BCUT2D eigenvalue weighted by molar-refractivity contribution is 5.95. The Morgan fingerprint density at radius 3 is 1.10 bits per heavy atom. The summed E-state index contributed by atoms with van der Waals surface area (Å²) in [4.78, 5) is 19.0. The first-order valence-corrected chi connectivity index (χ1v) is 16.0. The van der Waals surface area contributed by atoms with E-state index in [1.54, 1.807) is 0 Å². The van der Waals surface area contributed by atoms with Crippen molar-refractivity contribution in [3.63, 3.8) is 0 Å². The molecule has 0 radical (unpaired) electrons. The van der Waals surface area contributed by atoms with E-state index in [9.17, 15) is 0 Å². The molecule has 8 aromatic rings. The first kappa shape index (κ1) is 28.9. The molecule has 0 aliphatic rings. The summed E-state index contributed by atoms with van der Waals surface area (Å²) in [6.45, 7) is 0. The minimum absolute atomic E-state index is 0.688. The summed E-state index contributed by atoms with van der Waals surface area (Å²) in [5, 5.41) is 0. The van der Waals surface area contributed by atoms with Crippen LogP contribution in [0.4, 0.5) is 0 Å². The fourth-order valence-electron chi connectivity index (χ4n) is 6.11. The third-order valence-corrected chi connectivity index (χ3v) is 8.51. The quantitative estimate of drug-likeness (QED) is 0.179. The van der Waals surface area contributed by atoms with Gasteiger partial charge in [-0.3, -0.25) is 9.97 Å². The van der Waals surface area contributed by atoms with Crippen molar-refractivity contribution in [3.05, 3.63) is 183 Å². The molecule has 0 fully saturated rings. The van der Waals surface area contributed by atoms with E-state index in [0.29, 0.717) is 5.82 Å². The summed E-state index contributed by atoms with van der Waals surface area (Å²) in [7, 11) is 0. The summed E-state index contributed by atoms with van der Waals surface area (Å²) in [6, 6.07) is 54.5. The molecule has 0 unspecified atom stereocenters. The molecule has 48 heavy (non-hydrogen) atoms. The highest BCUT2D eigenvalue weighted by atomic mass is 14.9. The molecule has 0 bridgehead atoms. The van der Waals surface area contributed by atoms with Crippen LogP contribution in [0, 0.1) is 0 Å². The zero-order valence-electron chi connectivity index (χ0n) is 26.1. The van der Waals surface area contributed by atoms with E-state index in [1.807, 2.05) is 73.3 Å². The molecule has 0 N–H and O–H groups in total. The molecule has 0 spiro atoms. The Morgan fingerprint density at radius 1 is 0.292 bits per heavy atom. The predicted molar refractivity (Wildman–Crippen MR) is 196 cm³/mol. The van der Waals surface area contributed by atoms with E-state index in [0.717, 1.165) is 72.6 Å². The minimum Gasteiger partial charge on any atom is -0.264 e. The summed E-state index contributed by atoms with van der Waals surface area (Å²) >= 11 is 0. The van der Waals surface area contributed by atoms with Crippen molar-refractivity contribution in [2.75, 3.05) is 0 Å². The van der Waals surface area contributed by atoms with E-state index >= 15 is 0 Å². The van der Waals surface area contributed by atoms with Gasteiger partial charge < -0.3 is 0 Å². The van der Waals surface area contributed by atoms with Crippen LogP contribution in [0.25, 0.3) is 78.4 Å². The van der Waals surface area contributed by atoms with Crippen molar-refractivity contribution in [2.24, 2.45) is 0 Å². The molecule has 5 aromatic carbocycles. The van der Waals surface area contributed by atoms with E-state index in [2.05, 4.69) is 119 Å². The molecule has 0 aliphatic heterocycles. The summed E-state index contributed by atoms with van der Waals surface area (Å²) in [6.07, 6.45) is 7.46. The van der Waals surface area contributed by atoms with Crippen LogP contribution in [0.5, 0.6) is 0 Å². The van der Waals surface area contributed by atoms with Gasteiger partial charge in [0.15, 0.2) is 5.82 Å². The van der Waals surface area contributed by atoms with Gasteiger partial charge in [-0.05, 0) is 63.7 Å². The maximum absolute atomic E-state index is 5.04. The number of rotatable bonds is 7. The van der Waals surface area contributed by atoms with Crippen molar-refractivity contribution >= 4 is 0 Å². The SMILES string of the molecule is c1ccc(-c2cc(-c3ccccc3)nc(-c3ccc(-c4cc(-c5cccnc5)c(-c5cccnc5)cc4-c4ccccc4)cc3)n2)cc1. The van der Waals surface area contributed by atoms with Gasteiger partial charge in [-0.25, -0.2) is 9.97 Å². The van der Waals surface area contributed by atoms with Crippen molar-refractivity contribution in [3.8, 4) is 78.4 Å². The molecule has 8 rings (SSSR count). The third kappa shape index (κ3) is 5.91. The first-order chi connectivity index (χ1) is 23.8. The molecular weight excluding hydrogens is 585 g/mol. The monoisotopic (exact) mass is 614 g/mol. The number of hydrogen-bond donors (Lipinski definition) is 0. The lowest BCUT2D eigenvalue weighted by Gasteiger charge is -2.18. The Kier molecular flexibility index (Phi) is 7.87. The molecule has 0 saturated heterocycles. The van der Waals surface area contributed by atoms with E-state index in [1.165, 1.54) is 0 Å². The van der Waals surface area contributed by atoms with Gasteiger partial charge in [-0.15, -0.1) is 0 Å². The van der Waals surface area contributed by atoms with Crippen LogP contribution in [0.1, 0.15) is 0 Å². The van der Waals surface area contributed by atoms with Gasteiger partial charge in [0, 0.05) is 52.6 Å². The summed E-state index contributed by atoms with van der Waals surface area (Å²) in [5.74, 6) is 0.688. The molecule has 0 saturated carbocycles. The maximum atomic E-state index is 5.04. The molecule has 0 amide bonds. The fraction of sp³-hybridized carbons (Fsp3) is 0. The second kappa shape index (κ2) is 13.1. The lowest BCUT2D eigenvalue weighted by molar-refractivity contribution is 1.18. The molecule has 0 aliphatic carbocycles. The third-order valence-electron chi connectivity index (χ3n) is 8.51. The standard InChI is InChI=1S/C44H30N4/c1-4-12-31(13-5-1)38-26-40(36-18-10-24-45-29-36)41(37-19-11-25-46-30-37)27-39(38)32-20-22-35(23-21-32)44-47-42(33-14-6-2-7-15-33)28-43(48-44)34-16-8-3-9-17-34/h1-30H. The minimum atomic E-state index is 0.688. The highest BCUT2D eigenvalue weighted by Crippen LogP contribution is 2.42. The topological polar surface area (TPSA) is 51.6 Å². The van der Waals surface area contributed by atoms with E-state index in [4.69, 9.17) is 9.97 Å². The first-order valence-electron chi connectivity index (χ1n) is 16.0. The highest BCUT2D eigenvalue weighted by Gasteiger charge is 2.17. The Morgan fingerprint density at radius 2 is 0.667 bits per heavy atom. The number of benzene rings is 5. The molecule has 4 heteroatoms. The molecule has 4 nitrogen and oxygen atoms in total. The largest absolute Gasteiger partial charge is 0.264 e. The fourth-order valence-corrected chi connectivity index (χ4v) is 6.11. The number of hydrogen-bond acceptors (Lipinski definition) is 4. The van der Waals surface area contributed by atoms with Crippen LogP contribution in [0.3, 0.4) is 0 Å². The van der Waals surface area contributed by atoms with Crippen LogP contribution in [-0.4, -0.2) is 19.9 Å². The summed E-state index contributed by atoms with van der Waals surface area (Å²) < 4.78 is 0. The lowest BCUT2D eigenvalue weighted by Crippen LogP contribution is -1.96. The number of pyridine rings is 2. The maximum Gasteiger partial charge on any atom is 0.160 e. The van der Waals surface area contributed by atoms with Gasteiger partial charge in [0.25, 0.3) is 0 Å². The van der Waals surface area contributed by atoms with Crippen molar-refractivity contribution in [1.82, 2.24) is 19.9 Å². The van der Waals surface area contributed by atoms with Crippen LogP contribution in [0.15, 0.2) is 183 Å². The van der Waals surface area contributed by atoms with E-state index in [-0.39, 0.29) is 0 Å². The van der Waals surface area contributed by atoms with Crippen LogP contribution < -0.4 is 0 Å². The van der Waals surface area contributed by atoms with Gasteiger partial charge >= 0.3 is 0 Å². The second-order valence-corrected chi connectivity index (χ2v) is 11.6. The molecular formula is C44H30N4. The molecule has 0 atom stereocenters. The Balaban J connectivity index is 1.28. The second-order valence-electron chi connectivity index (χ2n) is 11.6. The zero-order chi connectivity index (χ0) is 32.1. The summed E-state index contributed by atoms with van der Waals surface area (Å²) in [5.41, 5.74) is 13.7. The van der Waals surface area contributed by atoms with Gasteiger partial charge in [0.05, 0.1) is 11.4 Å². The molecule has 3 heterocycles. The predicted octanol–water partition coefficient (Wildman–Crippen LogP) is 10.9. The number of aromatic nitrogens is 4. The Hall–Kier alpha value is -6.52. The van der Waals surface area contributed by atoms with Gasteiger partial charge in [0.1, 0.15) is 0 Å². The van der Waals surface area contributed by atoms with Gasteiger partial charge in [0.2, 0.25) is 0 Å². The van der Waals surface area contributed by atoms with Crippen molar-refractivity contribution in [1.29, 1.82) is 0 Å². The average molecular weight is 615 g/mol. The van der Waals surface area contributed by atoms with Crippen molar-refractivity contribution < 1.29 is 0 Å². The lowest BCUT2D eigenvalue weighted by atomic mass is 9.86. The van der Waals surface area contributed by atoms with Crippen LogP contribution >= 0.6 is 0 Å². The van der Waals surface area contributed by atoms with Gasteiger partial charge in [-0.2, -0.15) is 0 Å². The van der Waals surface area contributed by atoms with E-state index < -0.39 is 0 Å². The van der Waals surface area contributed by atoms with Crippen LogP contribution in [-0.2, 0) is 0 Å².